The summed E-state index contributed by atoms with van der Waals surface area (Å²) in [6.07, 6.45) is 1.70. The van der Waals surface area contributed by atoms with E-state index in [-0.39, 0.29) is 23.5 Å². The molecule has 1 aliphatic rings. The van der Waals surface area contributed by atoms with Gasteiger partial charge in [-0.25, -0.2) is 18.1 Å². The first-order valence-corrected chi connectivity index (χ1v) is 11.7. The van der Waals surface area contributed by atoms with E-state index in [0.29, 0.717) is 24.6 Å². The van der Waals surface area contributed by atoms with E-state index in [9.17, 15) is 13.2 Å². The van der Waals surface area contributed by atoms with Gasteiger partial charge in [0.15, 0.2) is 0 Å². The standard InChI is InChI=1S/C19H25N3O4S2/c1-13(2)19-22-15(12-27-19)10-20-18(23)14-5-3-7-17(9-14)28(24,25)21-11-16-6-4-8-26-16/h3,5,7,9,12-13,16,21H,4,6,8,10-11H2,1-2H3,(H,20,23). The van der Waals surface area contributed by atoms with Crippen molar-refractivity contribution in [3.8, 4) is 0 Å². The topological polar surface area (TPSA) is 97.4 Å². The van der Waals surface area contributed by atoms with Crippen LogP contribution in [0.1, 0.15) is 53.7 Å². The van der Waals surface area contributed by atoms with Crippen LogP contribution in [0.5, 0.6) is 0 Å². The van der Waals surface area contributed by atoms with Gasteiger partial charge in [0, 0.05) is 30.0 Å². The molecule has 1 atom stereocenters. The van der Waals surface area contributed by atoms with Gasteiger partial charge in [-0.1, -0.05) is 19.9 Å². The first-order valence-electron chi connectivity index (χ1n) is 9.29. The van der Waals surface area contributed by atoms with E-state index in [0.717, 1.165) is 23.5 Å². The van der Waals surface area contributed by atoms with E-state index in [1.54, 1.807) is 23.5 Å². The second-order valence-electron chi connectivity index (χ2n) is 7.03. The molecule has 1 aromatic heterocycles. The van der Waals surface area contributed by atoms with E-state index in [4.69, 9.17) is 4.74 Å². The van der Waals surface area contributed by atoms with Crippen LogP contribution in [-0.2, 0) is 21.3 Å². The molecule has 152 valence electrons. The molecule has 1 aliphatic heterocycles. The number of benzene rings is 1. The fourth-order valence-corrected chi connectivity index (χ4v) is 4.78. The highest BCUT2D eigenvalue weighted by atomic mass is 32.2. The number of nitrogens with one attached hydrogen (secondary N) is 2. The van der Waals surface area contributed by atoms with Gasteiger partial charge in [0.25, 0.3) is 5.91 Å². The number of carbonyl (C=O) groups is 1. The summed E-state index contributed by atoms with van der Waals surface area (Å²) in [5.74, 6) is 0.00810. The van der Waals surface area contributed by atoms with Crippen LogP contribution in [0.3, 0.4) is 0 Å². The molecule has 7 nitrogen and oxygen atoms in total. The van der Waals surface area contributed by atoms with Crippen LogP contribution in [0.2, 0.25) is 0 Å². The SMILES string of the molecule is CC(C)c1nc(CNC(=O)c2cccc(S(=O)(=O)NCC3CCCO3)c2)cs1. The summed E-state index contributed by atoms with van der Waals surface area (Å²) in [7, 11) is -3.70. The average Bonchev–Trinajstić information content (AvgIpc) is 3.36. The lowest BCUT2D eigenvalue weighted by Gasteiger charge is -2.12. The molecule has 1 fully saturated rings. The largest absolute Gasteiger partial charge is 0.377 e. The van der Waals surface area contributed by atoms with E-state index in [2.05, 4.69) is 28.9 Å². The molecule has 0 radical (unpaired) electrons. The van der Waals surface area contributed by atoms with Gasteiger partial charge in [0.1, 0.15) is 0 Å². The molecule has 1 aromatic carbocycles. The number of rotatable bonds is 8. The number of amides is 1. The third kappa shape index (κ3) is 5.38. The van der Waals surface area contributed by atoms with Crippen LogP contribution in [0.15, 0.2) is 34.5 Å². The Morgan fingerprint density at radius 2 is 2.21 bits per heavy atom. The maximum atomic E-state index is 12.5. The maximum Gasteiger partial charge on any atom is 0.251 e. The molecule has 1 saturated heterocycles. The maximum absolute atomic E-state index is 12.5. The number of aromatic nitrogens is 1. The van der Waals surface area contributed by atoms with E-state index >= 15 is 0 Å². The smallest absolute Gasteiger partial charge is 0.251 e. The molecule has 2 aromatic rings. The molecule has 1 unspecified atom stereocenters. The van der Waals surface area contributed by atoms with Gasteiger partial charge in [0.05, 0.1) is 28.2 Å². The van der Waals surface area contributed by atoms with Gasteiger partial charge in [-0.05, 0) is 31.0 Å². The summed E-state index contributed by atoms with van der Waals surface area (Å²) in [5, 5.41) is 5.74. The Kier molecular flexibility index (Phi) is 6.82. The summed E-state index contributed by atoms with van der Waals surface area (Å²) in [4.78, 5) is 17.0. The van der Waals surface area contributed by atoms with Crippen LogP contribution >= 0.6 is 11.3 Å². The Labute approximate surface area is 169 Å². The predicted octanol–water partition coefficient (Wildman–Crippen LogP) is 2.65. The molecular weight excluding hydrogens is 398 g/mol. The van der Waals surface area contributed by atoms with Gasteiger partial charge in [0.2, 0.25) is 10.0 Å². The highest BCUT2D eigenvalue weighted by molar-refractivity contribution is 7.89. The highest BCUT2D eigenvalue weighted by Gasteiger charge is 2.21. The minimum absolute atomic E-state index is 0.0638. The van der Waals surface area contributed by atoms with Crippen molar-refractivity contribution < 1.29 is 17.9 Å². The summed E-state index contributed by atoms with van der Waals surface area (Å²) >= 11 is 1.57. The van der Waals surface area contributed by atoms with Crippen LogP contribution in [0, 0.1) is 0 Å². The zero-order chi connectivity index (χ0) is 20.1. The highest BCUT2D eigenvalue weighted by Crippen LogP contribution is 2.19. The second kappa shape index (κ2) is 9.13. The zero-order valence-electron chi connectivity index (χ0n) is 16.0. The Morgan fingerprint density at radius 1 is 1.39 bits per heavy atom. The molecule has 0 aliphatic carbocycles. The summed E-state index contributed by atoms with van der Waals surface area (Å²) < 4.78 is 33.0. The van der Waals surface area contributed by atoms with Crippen molar-refractivity contribution in [1.29, 1.82) is 0 Å². The van der Waals surface area contributed by atoms with E-state index in [1.165, 1.54) is 12.1 Å². The molecule has 2 N–H and O–H groups in total. The summed E-state index contributed by atoms with van der Waals surface area (Å²) in [6.45, 7) is 5.34. The molecule has 0 saturated carbocycles. The fraction of sp³-hybridized carbons (Fsp3) is 0.474. The zero-order valence-corrected chi connectivity index (χ0v) is 17.6. The third-order valence-corrected chi connectivity index (χ3v) is 7.04. The quantitative estimate of drug-likeness (QED) is 0.680. The Bertz CT molecular complexity index is 919. The number of thiazole rings is 1. The Balaban J connectivity index is 1.61. The van der Waals surface area contributed by atoms with Gasteiger partial charge < -0.3 is 10.1 Å². The lowest BCUT2D eigenvalue weighted by molar-refractivity contribution is 0.0950. The number of hydrogen-bond acceptors (Lipinski definition) is 6. The van der Waals surface area contributed by atoms with Crippen LogP contribution in [0.25, 0.3) is 0 Å². The molecule has 2 heterocycles. The number of hydrogen-bond donors (Lipinski definition) is 2. The Morgan fingerprint density at radius 3 is 2.89 bits per heavy atom. The molecule has 0 spiro atoms. The average molecular weight is 424 g/mol. The molecule has 9 heteroatoms. The van der Waals surface area contributed by atoms with Gasteiger partial charge in [-0.15, -0.1) is 11.3 Å². The first kappa shape index (κ1) is 20.9. The van der Waals surface area contributed by atoms with Crippen molar-refractivity contribution in [1.82, 2.24) is 15.0 Å². The van der Waals surface area contributed by atoms with Crippen molar-refractivity contribution in [3.05, 3.63) is 45.9 Å². The van der Waals surface area contributed by atoms with E-state index in [1.807, 2.05) is 5.38 Å². The number of nitrogens with zero attached hydrogens (tertiary/aromatic N) is 1. The van der Waals surface area contributed by atoms with Crippen molar-refractivity contribution in [2.45, 2.75) is 50.2 Å². The summed E-state index contributed by atoms with van der Waals surface area (Å²) in [5.41, 5.74) is 1.09. The molecule has 3 rings (SSSR count). The molecule has 0 bridgehead atoms. The molecule has 28 heavy (non-hydrogen) atoms. The minimum atomic E-state index is -3.70. The lowest BCUT2D eigenvalue weighted by atomic mass is 10.2. The first-order chi connectivity index (χ1) is 13.3. The van der Waals surface area contributed by atoms with Crippen LogP contribution in [0.4, 0.5) is 0 Å². The third-order valence-electron chi connectivity index (χ3n) is 4.43. The van der Waals surface area contributed by atoms with Crippen molar-refractivity contribution >= 4 is 27.3 Å². The van der Waals surface area contributed by atoms with Crippen molar-refractivity contribution in [3.63, 3.8) is 0 Å². The minimum Gasteiger partial charge on any atom is -0.377 e. The Hall–Kier alpha value is -1.81. The monoisotopic (exact) mass is 423 g/mol. The van der Waals surface area contributed by atoms with Crippen LogP contribution in [-0.4, -0.2) is 38.6 Å². The lowest BCUT2D eigenvalue weighted by Crippen LogP contribution is -2.32. The van der Waals surface area contributed by atoms with E-state index < -0.39 is 10.0 Å². The normalized spacial score (nSPS) is 17.2. The van der Waals surface area contributed by atoms with Gasteiger partial charge >= 0.3 is 0 Å². The van der Waals surface area contributed by atoms with Gasteiger partial charge in [-0.3, -0.25) is 4.79 Å². The predicted molar refractivity (Wildman–Crippen MR) is 108 cm³/mol. The number of sulfonamides is 1. The fourth-order valence-electron chi connectivity index (χ4n) is 2.84. The molecular formula is C19H25N3O4S2. The number of carbonyl (C=O) groups excluding carboxylic acids is 1. The van der Waals surface area contributed by atoms with Crippen molar-refractivity contribution in [2.75, 3.05) is 13.2 Å². The van der Waals surface area contributed by atoms with Crippen molar-refractivity contribution in [2.24, 2.45) is 0 Å². The van der Waals surface area contributed by atoms with Gasteiger partial charge in [-0.2, -0.15) is 0 Å². The second-order valence-corrected chi connectivity index (χ2v) is 9.69. The summed E-state index contributed by atoms with van der Waals surface area (Å²) in [6, 6.07) is 6.02. The molecule has 1 amide bonds. The van der Waals surface area contributed by atoms with Crippen LogP contribution < -0.4 is 10.0 Å². The number of ether oxygens (including phenoxy) is 1.